The summed E-state index contributed by atoms with van der Waals surface area (Å²) in [6.45, 7) is 4.31. The van der Waals surface area contributed by atoms with Crippen LogP contribution in [0.3, 0.4) is 0 Å². The summed E-state index contributed by atoms with van der Waals surface area (Å²) >= 11 is 5.86. The zero-order valence-corrected chi connectivity index (χ0v) is 14.8. The van der Waals surface area contributed by atoms with Crippen molar-refractivity contribution in [2.75, 3.05) is 23.4 Å². The van der Waals surface area contributed by atoms with Gasteiger partial charge in [-0.05, 0) is 36.4 Å². The van der Waals surface area contributed by atoms with Gasteiger partial charge in [0, 0.05) is 5.69 Å². The number of hydrogen-bond acceptors (Lipinski definition) is 5. The van der Waals surface area contributed by atoms with E-state index in [9.17, 15) is 9.18 Å². The molecule has 0 fully saturated rings. The van der Waals surface area contributed by atoms with Crippen molar-refractivity contribution in [3.05, 3.63) is 60.2 Å². The summed E-state index contributed by atoms with van der Waals surface area (Å²) in [4.78, 5) is 22.3. The summed E-state index contributed by atoms with van der Waals surface area (Å²) in [5, 5.41) is 3.74. The average molecular weight is 385 g/mol. The first kappa shape index (κ1) is 17.2. The molecule has 136 valence electrons. The predicted octanol–water partition coefficient (Wildman–Crippen LogP) is 4.08. The highest BCUT2D eigenvalue weighted by molar-refractivity contribution is 6.31. The number of fused-ring (bicyclic) bond motifs is 3. The van der Waals surface area contributed by atoms with E-state index in [-0.39, 0.29) is 10.9 Å². The second kappa shape index (κ2) is 6.85. The van der Waals surface area contributed by atoms with Crippen molar-refractivity contribution in [2.24, 2.45) is 0 Å². The molecule has 1 aromatic heterocycles. The van der Waals surface area contributed by atoms with Gasteiger partial charge in [0.1, 0.15) is 24.6 Å². The fraction of sp³-hybridized carbons (Fsp3) is 0.105. The number of halogens is 2. The van der Waals surface area contributed by atoms with Crippen molar-refractivity contribution in [3.8, 4) is 5.75 Å². The van der Waals surface area contributed by atoms with E-state index in [2.05, 4.69) is 21.9 Å². The Hall–Kier alpha value is -3.19. The molecular formula is C19H14ClFN4O2. The quantitative estimate of drug-likeness (QED) is 0.689. The summed E-state index contributed by atoms with van der Waals surface area (Å²) in [6.07, 6.45) is 2.68. The molecule has 0 radical (unpaired) electrons. The number of nitrogens with zero attached hydrogens (tertiary/aromatic N) is 3. The minimum absolute atomic E-state index is 0.000560. The molecule has 0 aliphatic carbocycles. The lowest BCUT2D eigenvalue weighted by molar-refractivity contribution is -0.114. The Morgan fingerprint density at radius 1 is 1.33 bits per heavy atom. The Morgan fingerprint density at radius 3 is 2.96 bits per heavy atom. The van der Waals surface area contributed by atoms with Crippen molar-refractivity contribution < 1.29 is 13.9 Å². The number of aromatic nitrogens is 2. The molecular weight excluding hydrogens is 371 g/mol. The fourth-order valence-corrected chi connectivity index (χ4v) is 3.15. The molecule has 0 spiro atoms. The van der Waals surface area contributed by atoms with Gasteiger partial charge in [-0.15, -0.1) is 0 Å². The highest BCUT2D eigenvalue weighted by Crippen LogP contribution is 2.41. The third-order valence-corrected chi connectivity index (χ3v) is 4.50. The number of hydrogen-bond donors (Lipinski definition) is 1. The minimum atomic E-state index is -0.506. The third kappa shape index (κ3) is 3.06. The first-order chi connectivity index (χ1) is 13.1. The standard InChI is InChI=1S/C19H14ClFN4O2/c1-2-16(26)25-7-8-27-18-15(25)6-5-14-17(18)19(23-10-22-14)24-11-3-4-13(21)12(20)9-11/h2-6,9-10H,1,7-8H2,(H,22,23,24). The molecule has 1 aliphatic heterocycles. The lowest BCUT2D eigenvalue weighted by atomic mass is 10.1. The zero-order chi connectivity index (χ0) is 19.0. The molecule has 27 heavy (non-hydrogen) atoms. The van der Waals surface area contributed by atoms with Crippen molar-refractivity contribution >= 4 is 45.6 Å². The van der Waals surface area contributed by atoms with E-state index < -0.39 is 5.82 Å². The second-order valence-electron chi connectivity index (χ2n) is 5.83. The molecule has 0 unspecified atom stereocenters. The van der Waals surface area contributed by atoms with E-state index in [1.807, 2.05) is 0 Å². The molecule has 0 atom stereocenters. The van der Waals surface area contributed by atoms with E-state index in [1.54, 1.807) is 23.1 Å². The first-order valence-electron chi connectivity index (χ1n) is 8.15. The van der Waals surface area contributed by atoms with E-state index in [0.717, 1.165) is 0 Å². The summed E-state index contributed by atoms with van der Waals surface area (Å²) in [6, 6.07) is 7.86. The van der Waals surface area contributed by atoms with Crippen molar-refractivity contribution in [3.63, 3.8) is 0 Å². The van der Waals surface area contributed by atoms with Crippen LogP contribution in [0, 0.1) is 5.82 Å². The minimum Gasteiger partial charge on any atom is -0.489 e. The van der Waals surface area contributed by atoms with Gasteiger partial charge in [0.15, 0.2) is 5.75 Å². The average Bonchev–Trinajstić information content (AvgIpc) is 2.69. The van der Waals surface area contributed by atoms with E-state index in [4.69, 9.17) is 16.3 Å². The number of carbonyl (C=O) groups excluding carboxylic acids is 1. The van der Waals surface area contributed by atoms with Gasteiger partial charge < -0.3 is 15.0 Å². The zero-order valence-electron chi connectivity index (χ0n) is 14.1. The van der Waals surface area contributed by atoms with Crippen molar-refractivity contribution in [1.29, 1.82) is 0 Å². The number of benzene rings is 2. The third-order valence-electron chi connectivity index (χ3n) is 4.21. The Kier molecular flexibility index (Phi) is 4.37. The molecule has 3 aromatic rings. The Labute approximate surface area is 159 Å². The number of nitrogens with one attached hydrogen (secondary N) is 1. The van der Waals surface area contributed by atoms with Gasteiger partial charge in [-0.3, -0.25) is 4.79 Å². The van der Waals surface area contributed by atoms with Crippen LogP contribution in [0.5, 0.6) is 5.75 Å². The molecule has 6 nitrogen and oxygen atoms in total. The van der Waals surface area contributed by atoms with Crippen molar-refractivity contribution in [1.82, 2.24) is 9.97 Å². The molecule has 0 saturated heterocycles. The van der Waals surface area contributed by atoms with Crippen LogP contribution in [0.15, 0.2) is 49.3 Å². The van der Waals surface area contributed by atoms with Crippen LogP contribution in [0.2, 0.25) is 5.02 Å². The maximum atomic E-state index is 13.4. The van der Waals surface area contributed by atoms with Gasteiger partial charge in [-0.25, -0.2) is 14.4 Å². The summed E-state index contributed by atoms with van der Waals surface area (Å²) in [7, 11) is 0. The van der Waals surface area contributed by atoms with Crippen LogP contribution in [-0.2, 0) is 4.79 Å². The topological polar surface area (TPSA) is 67.4 Å². The molecule has 1 amide bonds. The molecule has 8 heteroatoms. The molecule has 0 saturated carbocycles. The summed E-state index contributed by atoms with van der Waals surface area (Å²) in [5.41, 5.74) is 1.83. The van der Waals surface area contributed by atoms with Crippen LogP contribution < -0.4 is 15.0 Å². The SMILES string of the molecule is C=CC(=O)N1CCOc2c1ccc1ncnc(Nc3ccc(F)c(Cl)c3)c21. The molecule has 0 bridgehead atoms. The molecule has 4 rings (SSSR count). The van der Waals surface area contributed by atoms with Gasteiger partial charge in [0.05, 0.1) is 28.2 Å². The number of rotatable bonds is 3. The van der Waals surface area contributed by atoms with Gasteiger partial charge in [0.25, 0.3) is 5.91 Å². The summed E-state index contributed by atoms with van der Waals surface area (Å²) in [5.74, 6) is 0.252. The number of anilines is 3. The molecule has 1 N–H and O–H groups in total. The fourth-order valence-electron chi connectivity index (χ4n) is 2.97. The molecule has 2 aromatic carbocycles. The van der Waals surface area contributed by atoms with E-state index in [0.29, 0.717) is 47.0 Å². The van der Waals surface area contributed by atoms with Crippen LogP contribution in [0.4, 0.5) is 21.6 Å². The van der Waals surface area contributed by atoms with Crippen LogP contribution in [-0.4, -0.2) is 29.0 Å². The predicted molar refractivity (Wildman–Crippen MR) is 102 cm³/mol. The Balaban J connectivity index is 1.85. The van der Waals surface area contributed by atoms with Gasteiger partial charge >= 0.3 is 0 Å². The molecule has 2 heterocycles. The number of ether oxygens (including phenoxy) is 1. The summed E-state index contributed by atoms with van der Waals surface area (Å²) < 4.78 is 19.3. The van der Waals surface area contributed by atoms with Gasteiger partial charge in [-0.2, -0.15) is 0 Å². The lowest BCUT2D eigenvalue weighted by Gasteiger charge is -2.29. The maximum absolute atomic E-state index is 13.4. The van der Waals surface area contributed by atoms with Gasteiger partial charge in [0.2, 0.25) is 0 Å². The normalized spacial score (nSPS) is 13.0. The highest BCUT2D eigenvalue weighted by atomic mass is 35.5. The van der Waals surface area contributed by atoms with Gasteiger partial charge in [-0.1, -0.05) is 18.2 Å². The largest absolute Gasteiger partial charge is 0.489 e. The Morgan fingerprint density at radius 2 is 2.19 bits per heavy atom. The lowest BCUT2D eigenvalue weighted by Crippen LogP contribution is -2.36. The van der Waals surface area contributed by atoms with E-state index in [1.165, 1.54) is 24.5 Å². The Bertz CT molecular complexity index is 1070. The number of amides is 1. The smallest absolute Gasteiger partial charge is 0.250 e. The second-order valence-corrected chi connectivity index (χ2v) is 6.23. The van der Waals surface area contributed by atoms with Crippen molar-refractivity contribution in [2.45, 2.75) is 0 Å². The first-order valence-corrected chi connectivity index (χ1v) is 8.53. The van der Waals surface area contributed by atoms with E-state index >= 15 is 0 Å². The number of carbonyl (C=O) groups is 1. The highest BCUT2D eigenvalue weighted by Gasteiger charge is 2.25. The monoisotopic (exact) mass is 384 g/mol. The molecule has 1 aliphatic rings. The van der Waals surface area contributed by atoms with Crippen LogP contribution in [0.1, 0.15) is 0 Å². The van der Waals surface area contributed by atoms with Crippen LogP contribution >= 0.6 is 11.6 Å². The maximum Gasteiger partial charge on any atom is 0.250 e. The van der Waals surface area contributed by atoms with Crippen LogP contribution in [0.25, 0.3) is 10.9 Å².